The Balaban J connectivity index is 1.76. The summed E-state index contributed by atoms with van der Waals surface area (Å²) in [6.45, 7) is 3.40. The van der Waals surface area contributed by atoms with Crippen molar-refractivity contribution >= 4 is 6.03 Å². The fraction of sp³-hybridized carbons (Fsp3) is 0.462. The van der Waals surface area contributed by atoms with E-state index in [1.807, 2.05) is 0 Å². The molecule has 2 amide bonds. The lowest BCUT2D eigenvalue weighted by Gasteiger charge is -2.27. The van der Waals surface area contributed by atoms with Gasteiger partial charge in [0.25, 0.3) is 0 Å². The van der Waals surface area contributed by atoms with Crippen molar-refractivity contribution in [3.8, 4) is 0 Å². The van der Waals surface area contributed by atoms with Crippen LogP contribution in [0.3, 0.4) is 0 Å². The van der Waals surface area contributed by atoms with Gasteiger partial charge in [0, 0.05) is 32.7 Å². The fourth-order valence-electron chi connectivity index (χ4n) is 1.99. The summed E-state index contributed by atoms with van der Waals surface area (Å²) in [6, 6.07) is 3.67. The Morgan fingerprint density at radius 3 is 2.68 bits per heavy atom. The molecule has 1 fully saturated rings. The molecule has 2 rings (SSSR count). The average Bonchev–Trinajstić information content (AvgIpc) is 2.43. The highest BCUT2D eigenvalue weighted by Crippen LogP contribution is 2.08. The number of rotatable bonds is 3. The van der Waals surface area contributed by atoms with Crippen molar-refractivity contribution in [2.24, 2.45) is 0 Å². The van der Waals surface area contributed by atoms with E-state index in [2.05, 4.69) is 10.6 Å². The number of hydrogen-bond acceptors (Lipinski definition) is 2. The van der Waals surface area contributed by atoms with E-state index >= 15 is 0 Å². The van der Waals surface area contributed by atoms with Gasteiger partial charge in [-0.05, 0) is 24.1 Å². The number of carbonyl (C=O) groups is 1. The molecule has 0 unspecified atom stereocenters. The van der Waals surface area contributed by atoms with Gasteiger partial charge in [-0.3, -0.25) is 0 Å². The summed E-state index contributed by atoms with van der Waals surface area (Å²) in [5, 5.41) is 5.94. The number of benzene rings is 1. The molecule has 0 spiro atoms. The maximum absolute atomic E-state index is 13.0. The number of nitrogens with zero attached hydrogens (tertiary/aromatic N) is 1. The maximum atomic E-state index is 13.0. The molecule has 1 aromatic carbocycles. The zero-order chi connectivity index (χ0) is 13.7. The van der Waals surface area contributed by atoms with Gasteiger partial charge in [0.15, 0.2) is 11.6 Å². The van der Waals surface area contributed by atoms with Gasteiger partial charge in [-0.2, -0.15) is 0 Å². The standard InChI is InChI=1S/C13H17F2N3O/c14-11-2-1-10(9-12(11)15)3-4-17-13(19)18-7-5-16-6-8-18/h1-2,9,16H,3-8H2,(H,17,19). The Labute approximate surface area is 110 Å². The highest BCUT2D eigenvalue weighted by molar-refractivity contribution is 5.74. The molecule has 2 N–H and O–H groups in total. The van der Waals surface area contributed by atoms with E-state index in [1.54, 1.807) is 4.90 Å². The topological polar surface area (TPSA) is 44.4 Å². The van der Waals surface area contributed by atoms with Crippen LogP contribution in [0.1, 0.15) is 5.56 Å². The molecule has 1 aliphatic rings. The lowest BCUT2D eigenvalue weighted by Crippen LogP contribution is -2.50. The highest BCUT2D eigenvalue weighted by atomic mass is 19.2. The molecule has 104 valence electrons. The average molecular weight is 269 g/mol. The van der Waals surface area contributed by atoms with Gasteiger partial charge in [0.1, 0.15) is 0 Å². The van der Waals surface area contributed by atoms with Crippen LogP contribution in [0, 0.1) is 11.6 Å². The third-order valence-corrected chi connectivity index (χ3v) is 3.08. The number of hydrogen-bond donors (Lipinski definition) is 2. The van der Waals surface area contributed by atoms with Crippen molar-refractivity contribution in [3.05, 3.63) is 35.4 Å². The zero-order valence-corrected chi connectivity index (χ0v) is 10.6. The van der Waals surface area contributed by atoms with Gasteiger partial charge >= 0.3 is 6.03 Å². The molecular weight excluding hydrogens is 252 g/mol. The number of carbonyl (C=O) groups excluding carboxylic acids is 1. The second-order valence-electron chi connectivity index (χ2n) is 4.47. The first-order valence-corrected chi connectivity index (χ1v) is 6.34. The molecule has 1 saturated heterocycles. The minimum Gasteiger partial charge on any atom is -0.338 e. The number of piperazine rings is 1. The van der Waals surface area contributed by atoms with Crippen molar-refractivity contribution in [2.45, 2.75) is 6.42 Å². The quantitative estimate of drug-likeness (QED) is 0.863. The van der Waals surface area contributed by atoms with Gasteiger partial charge in [0.05, 0.1) is 0 Å². The number of urea groups is 1. The summed E-state index contributed by atoms with van der Waals surface area (Å²) in [4.78, 5) is 13.5. The molecule has 0 saturated carbocycles. The van der Waals surface area contributed by atoms with E-state index in [0.717, 1.165) is 25.2 Å². The predicted molar refractivity (Wildman–Crippen MR) is 67.9 cm³/mol. The van der Waals surface area contributed by atoms with E-state index in [9.17, 15) is 13.6 Å². The van der Waals surface area contributed by atoms with Crippen LogP contribution in [0.25, 0.3) is 0 Å². The van der Waals surface area contributed by atoms with Crippen LogP contribution in [0.15, 0.2) is 18.2 Å². The van der Waals surface area contributed by atoms with Crippen molar-refractivity contribution in [2.75, 3.05) is 32.7 Å². The molecule has 6 heteroatoms. The molecule has 4 nitrogen and oxygen atoms in total. The second kappa shape index (κ2) is 6.47. The second-order valence-corrected chi connectivity index (χ2v) is 4.47. The number of halogens is 2. The fourth-order valence-corrected chi connectivity index (χ4v) is 1.99. The normalized spacial score (nSPS) is 15.4. The van der Waals surface area contributed by atoms with Crippen LogP contribution in [0.4, 0.5) is 13.6 Å². The Kier molecular flexibility index (Phi) is 4.68. The van der Waals surface area contributed by atoms with Crippen LogP contribution in [-0.4, -0.2) is 43.7 Å². The Morgan fingerprint density at radius 1 is 1.26 bits per heavy atom. The monoisotopic (exact) mass is 269 g/mol. The maximum Gasteiger partial charge on any atom is 0.317 e. The molecule has 1 heterocycles. The first-order chi connectivity index (χ1) is 9.16. The van der Waals surface area contributed by atoms with Gasteiger partial charge in [-0.1, -0.05) is 6.07 Å². The molecule has 0 aliphatic carbocycles. The molecule has 1 aliphatic heterocycles. The van der Waals surface area contributed by atoms with Gasteiger partial charge in [0.2, 0.25) is 0 Å². The molecule has 0 radical (unpaired) electrons. The molecular formula is C13H17F2N3O. The Morgan fingerprint density at radius 2 is 2.00 bits per heavy atom. The van der Waals surface area contributed by atoms with Crippen molar-refractivity contribution < 1.29 is 13.6 Å². The van der Waals surface area contributed by atoms with Gasteiger partial charge in [-0.15, -0.1) is 0 Å². The summed E-state index contributed by atoms with van der Waals surface area (Å²) in [5.41, 5.74) is 0.666. The molecule has 0 bridgehead atoms. The van der Waals surface area contributed by atoms with E-state index < -0.39 is 11.6 Å². The van der Waals surface area contributed by atoms with Crippen LogP contribution in [0.2, 0.25) is 0 Å². The number of nitrogens with one attached hydrogen (secondary N) is 2. The van der Waals surface area contributed by atoms with Crippen LogP contribution >= 0.6 is 0 Å². The van der Waals surface area contributed by atoms with Crippen LogP contribution in [0.5, 0.6) is 0 Å². The highest BCUT2D eigenvalue weighted by Gasteiger charge is 2.15. The summed E-state index contributed by atoms with van der Waals surface area (Å²) >= 11 is 0. The molecule has 19 heavy (non-hydrogen) atoms. The first kappa shape index (κ1) is 13.7. The van der Waals surface area contributed by atoms with E-state index in [-0.39, 0.29) is 6.03 Å². The predicted octanol–water partition coefficient (Wildman–Crippen LogP) is 1.12. The third kappa shape index (κ3) is 3.89. The van der Waals surface area contributed by atoms with Crippen molar-refractivity contribution in [1.29, 1.82) is 0 Å². The SMILES string of the molecule is O=C(NCCc1ccc(F)c(F)c1)N1CCNCC1. The smallest absolute Gasteiger partial charge is 0.317 e. The summed E-state index contributed by atoms with van der Waals surface area (Å²) in [5.74, 6) is -1.71. The molecule has 1 aromatic rings. The molecule has 0 atom stereocenters. The van der Waals surface area contributed by atoms with E-state index in [4.69, 9.17) is 0 Å². The van der Waals surface area contributed by atoms with Crippen LogP contribution < -0.4 is 10.6 Å². The first-order valence-electron chi connectivity index (χ1n) is 6.34. The largest absolute Gasteiger partial charge is 0.338 e. The third-order valence-electron chi connectivity index (χ3n) is 3.08. The van der Waals surface area contributed by atoms with E-state index in [0.29, 0.717) is 31.6 Å². The summed E-state index contributed by atoms with van der Waals surface area (Å²) in [6.07, 6.45) is 0.481. The summed E-state index contributed by atoms with van der Waals surface area (Å²) < 4.78 is 25.7. The Bertz CT molecular complexity index is 448. The molecule has 0 aromatic heterocycles. The van der Waals surface area contributed by atoms with Crippen molar-refractivity contribution in [3.63, 3.8) is 0 Å². The lowest BCUT2D eigenvalue weighted by molar-refractivity contribution is 0.190. The Hall–Kier alpha value is -1.69. The zero-order valence-electron chi connectivity index (χ0n) is 10.6. The van der Waals surface area contributed by atoms with Crippen molar-refractivity contribution in [1.82, 2.24) is 15.5 Å². The van der Waals surface area contributed by atoms with E-state index in [1.165, 1.54) is 6.07 Å². The van der Waals surface area contributed by atoms with Crippen LogP contribution in [-0.2, 0) is 6.42 Å². The lowest BCUT2D eigenvalue weighted by atomic mass is 10.1. The summed E-state index contributed by atoms with van der Waals surface area (Å²) in [7, 11) is 0. The van der Waals surface area contributed by atoms with Gasteiger partial charge in [-0.25, -0.2) is 13.6 Å². The number of amides is 2. The minimum absolute atomic E-state index is 0.107. The van der Waals surface area contributed by atoms with Gasteiger partial charge < -0.3 is 15.5 Å². The minimum atomic E-state index is -0.856.